The maximum Gasteiger partial charge on any atom is 0.270 e. The van der Waals surface area contributed by atoms with Gasteiger partial charge >= 0.3 is 0 Å². The third kappa shape index (κ3) is 14.1. The molecular formula is C52H66N6O7S. The van der Waals surface area contributed by atoms with Gasteiger partial charge in [-0.3, -0.25) is 24.0 Å². The van der Waals surface area contributed by atoms with Gasteiger partial charge in [0.05, 0.1) is 25.8 Å². The number of likely N-dealkylation sites (tertiary alicyclic amines) is 1. The van der Waals surface area contributed by atoms with E-state index in [4.69, 9.17) is 4.74 Å². The van der Waals surface area contributed by atoms with E-state index in [-0.39, 0.29) is 62.5 Å². The molecule has 0 unspecified atom stereocenters. The summed E-state index contributed by atoms with van der Waals surface area (Å²) < 4.78 is 5.50. The predicted octanol–water partition coefficient (Wildman–Crippen LogP) is 7.29. The second-order valence-electron chi connectivity index (χ2n) is 18.7. The molecule has 2 aliphatic rings. The summed E-state index contributed by atoms with van der Waals surface area (Å²) in [6, 6.07) is 17.5. The third-order valence-corrected chi connectivity index (χ3v) is 13.4. The van der Waals surface area contributed by atoms with Crippen molar-refractivity contribution in [3.63, 3.8) is 0 Å². The number of hydrogen-bond acceptors (Lipinski definition) is 9. The molecule has 4 aromatic rings. The first kappa shape index (κ1) is 49.6. The molecule has 5 amide bonds. The summed E-state index contributed by atoms with van der Waals surface area (Å²) in [6.45, 7) is 8.54. The van der Waals surface area contributed by atoms with Gasteiger partial charge in [0.25, 0.3) is 5.91 Å². The zero-order valence-corrected chi connectivity index (χ0v) is 39.8. The fourth-order valence-corrected chi connectivity index (χ4v) is 9.50. The van der Waals surface area contributed by atoms with Gasteiger partial charge in [0.2, 0.25) is 23.6 Å². The number of unbranched alkanes of at least 4 members (excludes halogenated alkanes) is 1. The summed E-state index contributed by atoms with van der Waals surface area (Å²) in [5.74, 6) is -0.398. The number of aromatic nitrogens is 1. The van der Waals surface area contributed by atoms with E-state index in [1.54, 1.807) is 30.7 Å². The minimum absolute atomic E-state index is 0.00375. The number of allylic oxidation sites excluding steroid dienone is 1. The number of carbonyl (C=O) groups is 5. The Morgan fingerprint density at radius 1 is 0.909 bits per heavy atom. The van der Waals surface area contributed by atoms with Crippen LogP contribution in [-0.2, 0) is 38.7 Å². The highest BCUT2D eigenvalue weighted by molar-refractivity contribution is 7.13. The molecule has 5 N–H and O–H groups in total. The number of rotatable bonds is 19. The molecule has 0 bridgehead atoms. The fraction of sp³-hybridized carbons (Fsp3) is 0.462. The summed E-state index contributed by atoms with van der Waals surface area (Å²) in [5, 5.41) is 24.4. The Morgan fingerprint density at radius 2 is 1.65 bits per heavy atom. The van der Waals surface area contributed by atoms with Gasteiger partial charge in [-0.25, -0.2) is 4.98 Å². The van der Waals surface area contributed by atoms with Gasteiger partial charge in [-0.05, 0) is 89.3 Å². The number of nitrogens with zero attached hydrogens (tertiary/aromatic N) is 2. The van der Waals surface area contributed by atoms with Gasteiger partial charge in [-0.1, -0.05) is 101 Å². The predicted molar refractivity (Wildman–Crippen MR) is 258 cm³/mol. The van der Waals surface area contributed by atoms with Crippen LogP contribution in [-0.4, -0.2) is 82.9 Å². The molecule has 13 nitrogen and oxygen atoms in total. The average molecular weight is 919 g/mol. The Bertz CT molecular complexity index is 2330. The number of aliphatic hydroxyl groups is 1. The van der Waals surface area contributed by atoms with Crippen molar-refractivity contribution in [2.75, 3.05) is 20.2 Å². The first-order valence-corrected chi connectivity index (χ1v) is 24.1. The van der Waals surface area contributed by atoms with Crippen LogP contribution in [0.4, 0.5) is 0 Å². The Kier molecular flexibility index (Phi) is 17.7. The Balaban J connectivity index is 0.914. The van der Waals surface area contributed by atoms with Crippen LogP contribution in [0.15, 0.2) is 78.3 Å². The standard InChI is InChI=1S/C52H66N6O7S/c1-34-23-25-66-47(34)39-20-18-36(19-21-39)30-56-50(63)43-29-41(59)33-58(43)51(64)48(52(2,3)4)57-45(60)16-9-10-24-53-46(61)27-37-14-11-15-38(26-37)31-55-49(62)42-28-40(44(65-5)32-54-42)22-17-35-12-7-6-8-13-35/h11,14-15,17-23,25-26,28,32,35,41,43,48,59H,6-10,12-13,16,24,27,29-31,33H2,1-5H3,(H,53,61)(H,55,62)(H,56,63)(H,57,60)/b22-17+/t41-,43+,48-/m1/s1. The number of nitrogens with one attached hydrogen (secondary N) is 4. The van der Waals surface area contributed by atoms with Crippen molar-refractivity contribution in [3.8, 4) is 16.2 Å². The van der Waals surface area contributed by atoms with Crippen LogP contribution >= 0.6 is 11.3 Å². The molecule has 2 aromatic carbocycles. The minimum atomic E-state index is -0.923. The van der Waals surface area contributed by atoms with Gasteiger partial charge in [-0.15, -0.1) is 11.3 Å². The Labute approximate surface area is 393 Å². The first-order chi connectivity index (χ1) is 31.7. The number of ether oxygens (including phenoxy) is 1. The monoisotopic (exact) mass is 918 g/mol. The zero-order chi connectivity index (χ0) is 47.2. The van der Waals surface area contributed by atoms with E-state index in [0.29, 0.717) is 36.7 Å². The number of thiophene rings is 1. The van der Waals surface area contributed by atoms with Gasteiger partial charge < -0.3 is 36.0 Å². The Hall–Kier alpha value is -5.86. The molecule has 3 heterocycles. The molecule has 14 heteroatoms. The van der Waals surface area contributed by atoms with Crippen LogP contribution < -0.4 is 26.0 Å². The molecule has 1 saturated carbocycles. The highest BCUT2D eigenvalue weighted by Gasteiger charge is 2.44. The normalized spacial score (nSPS) is 17.0. The van der Waals surface area contributed by atoms with E-state index >= 15 is 0 Å². The van der Waals surface area contributed by atoms with Crippen LogP contribution in [0.5, 0.6) is 5.75 Å². The smallest absolute Gasteiger partial charge is 0.270 e. The molecule has 1 saturated heterocycles. The van der Waals surface area contributed by atoms with Crippen LogP contribution in [0.1, 0.15) is 117 Å². The summed E-state index contributed by atoms with van der Waals surface area (Å²) in [4.78, 5) is 73.6. The van der Waals surface area contributed by atoms with Gasteiger partial charge in [0.1, 0.15) is 23.5 Å². The number of amides is 5. The van der Waals surface area contributed by atoms with E-state index < -0.39 is 29.5 Å². The molecule has 3 atom stereocenters. The summed E-state index contributed by atoms with van der Waals surface area (Å²) in [6.07, 6.45) is 12.5. The van der Waals surface area contributed by atoms with Crippen molar-refractivity contribution >= 4 is 46.9 Å². The third-order valence-electron chi connectivity index (χ3n) is 12.3. The number of aliphatic hydroxyl groups excluding tert-OH is 1. The first-order valence-electron chi connectivity index (χ1n) is 23.2. The lowest BCUT2D eigenvalue weighted by Crippen LogP contribution is -2.57. The number of benzene rings is 2. The lowest BCUT2D eigenvalue weighted by atomic mass is 9.85. The van der Waals surface area contributed by atoms with E-state index in [0.717, 1.165) is 27.8 Å². The van der Waals surface area contributed by atoms with Gasteiger partial charge in [-0.2, -0.15) is 0 Å². The van der Waals surface area contributed by atoms with Crippen molar-refractivity contribution in [2.24, 2.45) is 11.3 Å². The van der Waals surface area contributed by atoms with E-state index in [1.165, 1.54) is 47.4 Å². The molecule has 2 aromatic heterocycles. The minimum Gasteiger partial charge on any atom is -0.495 e. The highest BCUT2D eigenvalue weighted by atomic mass is 32.1. The number of hydrogen-bond donors (Lipinski definition) is 5. The van der Waals surface area contributed by atoms with Crippen molar-refractivity contribution in [2.45, 2.75) is 123 Å². The Morgan fingerprint density at radius 3 is 2.36 bits per heavy atom. The highest BCUT2D eigenvalue weighted by Crippen LogP contribution is 2.30. The average Bonchev–Trinajstić information content (AvgIpc) is 3.93. The summed E-state index contributed by atoms with van der Waals surface area (Å²) >= 11 is 1.68. The summed E-state index contributed by atoms with van der Waals surface area (Å²) in [7, 11) is 1.59. The van der Waals surface area contributed by atoms with Crippen molar-refractivity contribution in [1.82, 2.24) is 31.2 Å². The second kappa shape index (κ2) is 23.5. The van der Waals surface area contributed by atoms with Crippen molar-refractivity contribution in [3.05, 3.63) is 112 Å². The molecule has 1 aliphatic carbocycles. The number of carbonyl (C=O) groups excluding carboxylic acids is 5. The lowest BCUT2D eigenvalue weighted by Gasteiger charge is -2.35. The quantitative estimate of drug-likeness (QED) is 0.0609. The zero-order valence-electron chi connectivity index (χ0n) is 39.0. The SMILES string of the molecule is COc1cnc(C(=O)NCc2cccc(CC(=O)NCCCCC(=O)N[C@H](C(=O)N3C[C@H](O)C[C@H]3C(=O)NCc3ccc(-c4sccc4C)cc3)C(C)(C)C)c2)cc1/C=C/C1CCCCC1. The van der Waals surface area contributed by atoms with Gasteiger partial charge in [0.15, 0.2) is 0 Å². The molecular weight excluding hydrogens is 853 g/mol. The van der Waals surface area contributed by atoms with Crippen LogP contribution in [0.2, 0.25) is 0 Å². The maximum absolute atomic E-state index is 14.0. The van der Waals surface area contributed by atoms with Crippen molar-refractivity contribution in [1.29, 1.82) is 0 Å². The molecule has 0 radical (unpaired) electrons. The van der Waals surface area contributed by atoms with Gasteiger partial charge in [0, 0.05) is 49.5 Å². The fourth-order valence-electron chi connectivity index (χ4n) is 8.56. The largest absolute Gasteiger partial charge is 0.495 e. The van der Waals surface area contributed by atoms with E-state index in [1.807, 2.05) is 75.4 Å². The van der Waals surface area contributed by atoms with E-state index in [2.05, 4.69) is 50.7 Å². The van der Waals surface area contributed by atoms with Crippen LogP contribution in [0.25, 0.3) is 16.5 Å². The topological polar surface area (TPSA) is 179 Å². The number of aryl methyl sites for hydroxylation is 1. The number of methoxy groups -OCH3 is 1. The molecule has 1 aliphatic heterocycles. The molecule has 352 valence electrons. The van der Waals surface area contributed by atoms with Crippen LogP contribution in [0.3, 0.4) is 0 Å². The molecule has 6 rings (SSSR count). The maximum atomic E-state index is 14.0. The van der Waals surface area contributed by atoms with E-state index in [9.17, 15) is 29.1 Å². The number of β-amino-alcohol motifs (C(OH)–C–C–N with tert-alkyl or cyclic N) is 1. The molecule has 0 spiro atoms. The summed E-state index contributed by atoms with van der Waals surface area (Å²) in [5.41, 5.74) is 5.32. The molecule has 66 heavy (non-hydrogen) atoms. The van der Waals surface area contributed by atoms with Crippen molar-refractivity contribution < 1.29 is 33.8 Å². The van der Waals surface area contributed by atoms with Crippen LogP contribution in [0, 0.1) is 18.3 Å². The number of pyridine rings is 1. The lowest BCUT2D eigenvalue weighted by molar-refractivity contribution is -0.144. The molecule has 2 fully saturated rings. The second-order valence-corrected chi connectivity index (χ2v) is 19.6.